The molecule has 0 bridgehead atoms. The highest BCUT2D eigenvalue weighted by Gasteiger charge is 2.23. The van der Waals surface area contributed by atoms with Crippen LogP contribution in [0.4, 0.5) is 5.82 Å². The molecule has 1 saturated carbocycles. The van der Waals surface area contributed by atoms with E-state index in [1.54, 1.807) is 0 Å². The van der Waals surface area contributed by atoms with Crippen LogP contribution < -0.4 is 5.73 Å². The fourth-order valence-electron chi connectivity index (χ4n) is 2.32. The number of nitrogen functional groups attached to an aromatic ring is 1. The molecule has 0 unspecified atom stereocenters. The Kier molecular flexibility index (Phi) is 4.77. The fraction of sp³-hybridized carbons (Fsp3) is 0.714. The zero-order valence-corrected chi connectivity index (χ0v) is 14.3. The number of rotatable bonds is 3. The number of halogens is 1. The number of nitrogens with two attached hydrogens (primary N) is 1. The molecule has 1 aromatic heterocycles. The average Bonchev–Trinajstić information content (AvgIpc) is 2.82. The van der Waals surface area contributed by atoms with Crippen LogP contribution in [0.1, 0.15) is 58.0 Å². The predicted octanol–water partition coefficient (Wildman–Crippen LogP) is 4.29. The molecule has 1 aliphatic rings. The van der Waals surface area contributed by atoms with Gasteiger partial charge in [0.05, 0.1) is 15.9 Å². The molecule has 0 aromatic carbocycles. The van der Waals surface area contributed by atoms with Crippen LogP contribution in [0.3, 0.4) is 0 Å². The number of thioether (sulfide) groups is 1. The lowest BCUT2D eigenvalue weighted by molar-refractivity contribution is 0.560. The van der Waals surface area contributed by atoms with Gasteiger partial charge in [-0.3, -0.25) is 0 Å². The third-order valence-corrected chi connectivity index (χ3v) is 5.53. The SMILES string of the molecule is CC(C)(C)c1nc(CSC2CCCC2)nc(N)c1Br. The zero-order chi connectivity index (χ0) is 14.0. The summed E-state index contributed by atoms with van der Waals surface area (Å²) < 4.78 is 0.842. The minimum absolute atomic E-state index is 0.0251. The third kappa shape index (κ3) is 3.85. The summed E-state index contributed by atoms with van der Waals surface area (Å²) in [7, 11) is 0. The number of anilines is 1. The molecule has 0 saturated heterocycles. The second kappa shape index (κ2) is 6.00. The maximum Gasteiger partial charge on any atom is 0.141 e. The van der Waals surface area contributed by atoms with E-state index < -0.39 is 0 Å². The first kappa shape index (κ1) is 15.1. The molecule has 106 valence electrons. The first-order chi connectivity index (χ1) is 8.88. The van der Waals surface area contributed by atoms with Gasteiger partial charge in [-0.25, -0.2) is 9.97 Å². The number of nitrogens with zero attached hydrogens (tertiary/aromatic N) is 2. The molecule has 1 aromatic rings. The summed E-state index contributed by atoms with van der Waals surface area (Å²) in [5.74, 6) is 2.29. The summed E-state index contributed by atoms with van der Waals surface area (Å²) in [6, 6.07) is 0. The molecule has 2 N–H and O–H groups in total. The molecule has 0 spiro atoms. The predicted molar refractivity (Wildman–Crippen MR) is 86.4 cm³/mol. The van der Waals surface area contributed by atoms with Crippen LogP contribution in [0.5, 0.6) is 0 Å². The van der Waals surface area contributed by atoms with Crippen molar-refractivity contribution in [2.24, 2.45) is 0 Å². The molecule has 1 aliphatic carbocycles. The average molecular weight is 344 g/mol. The largest absolute Gasteiger partial charge is 0.383 e. The number of aromatic nitrogens is 2. The summed E-state index contributed by atoms with van der Waals surface area (Å²) in [5, 5.41) is 0.784. The summed E-state index contributed by atoms with van der Waals surface area (Å²) in [4.78, 5) is 9.11. The molecule has 2 rings (SSSR count). The molecule has 19 heavy (non-hydrogen) atoms. The number of hydrogen-bond acceptors (Lipinski definition) is 4. The molecule has 0 radical (unpaired) electrons. The van der Waals surface area contributed by atoms with Crippen molar-refractivity contribution >= 4 is 33.5 Å². The van der Waals surface area contributed by atoms with Gasteiger partial charge in [-0.1, -0.05) is 33.6 Å². The van der Waals surface area contributed by atoms with Gasteiger partial charge in [-0.15, -0.1) is 0 Å². The second-order valence-electron chi connectivity index (χ2n) is 6.16. The highest BCUT2D eigenvalue weighted by molar-refractivity contribution is 9.10. The summed E-state index contributed by atoms with van der Waals surface area (Å²) in [6.07, 6.45) is 5.41. The van der Waals surface area contributed by atoms with Gasteiger partial charge in [-0.2, -0.15) is 11.8 Å². The van der Waals surface area contributed by atoms with Gasteiger partial charge < -0.3 is 5.73 Å². The van der Waals surface area contributed by atoms with Crippen molar-refractivity contribution in [2.75, 3.05) is 5.73 Å². The lowest BCUT2D eigenvalue weighted by Gasteiger charge is -2.21. The fourth-order valence-corrected chi connectivity index (χ4v) is 4.27. The van der Waals surface area contributed by atoms with E-state index in [0.717, 1.165) is 27.0 Å². The van der Waals surface area contributed by atoms with Crippen molar-refractivity contribution in [2.45, 2.75) is 62.9 Å². The van der Waals surface area contributed by atoms with Crippen LogP contribution >= 0.6 is 27.7 Å². The standard InChI is InChI=1S/C14H22BrN3S/c1-14(2,3)12-11(15)13(16)18-10(17-12)8-19-9-6-4-5-7-9/h9H,4-8H2,1-3H3,(H2,16,17,18). The molecule has 5 heteroatoms. The van der Waals surface area contributed by atoms with Crippen molar-refractivity contribution in [3.63, 3.8) is 0 Å². The zero-order valence-electron chi connectivity index (χ0n) is 11.9. The minimum atomic E-state index is -0.0251. The molecule has 3 nitrogen and oxygen atoms in total. The molecular formula is C14H22BrN3S. The Morgan fingerprint density at radius 3 is 2.47 bits per heavy atom. The highest BCUT2D eigenvalue weighted by atomic mass is 79.9. The molecule has 0 atom stereocenters. The normalized spacial score (nSPS) is 17.1. The Balaban J connectivity index is 2.14. The van der Waals surface area contributed by atoms with Crippen molar-refractivity contribution < 1.29 is 0 Å². The van der Waals surface area contributed by atoms with Crippen LogP contribution in [0.25, 0.3) is 0 Å². The second-order valence-corrected chi connectivity index (χ2v) is 8.24. The van der Waals surface area contributed by atoms with E-state index in [4.69, 9.17) is 10.7 Å². The van der Waals surface area contributed by atoms with Crippen molar-refractivity contribution in [1.29, 1.82) is 0 Å². The summed E-state index contributed by atoms with van der Waals surface area (Å²) >= 11 is 5.49. The number of hydrogen-bond donors (Lipinski definition) is 1. The van der Waals surface area contributed by atoms with Crippen LogP contribution in [0.2, 0.25) is 0 Å². The van der Waals surface area contributed by atoms with E-state index in [1.807, 2.05) is 11.8 Å². The maximum atomic E-state index is 5.99. The van der Waals surface area contributed by atoms with Crippen LogP contribution in [-0.4, -0.2) is 15.2 Å². The molecule has 1 heterocycles. The lowest BCUT2D eigenvalue weighted by Crippen LogP contribution is -2.18. The van der Waals surface area contributed by atoms with Crippen LogP contribution in [-0.2, 0) is 11.2 Å². The van der Waals surface area contributed by atoms with E-state index in [1.165, 1.54) is 25.7 Å². The van der Waals surface area contributed by atoms with Gasteiger partial charge in [-0.05, 0) is 28.8 Å². The van der Waals surface area contributed by atoms with E-state index in [-0.39, 0.29) is 5.41 Å². The monoisotopic (exact) mass is 343 g/mol. The minimum Gasteiger partial charge on any atom is -0.383 e. The van der Waals surface area contributed by atoms with E-state index in [9.17, 15) is 0 Å². The van der Waals surface area contributed by atoms with Gasteiger partial charge in [0.2, 0.25) is 0 Å². The first-order valence-electron chi connectivity index (χ1n) is 6.82. The van der Waals surface area contributed by atoms with Gasteiger partial charge >= 0.3 is 0 Å². The van der Waals surface area contributed by atoms with Gasteiger partial charge in [0.15, 0.2) is 0 Å². The lowest BCUT2D eigenvalue weighted by atomic mass is 9.92. The first-order valence-corrected chi connectivity index (χ1v) is 8.66. The smallest absolute Gasteiger partial charge is 0.141 e. The Morgan fingerprint density at radius 2 is 1.89 bits per heavy atom. The highest BCUT2D eigenvalue weighted by Crippen LogP contribution is 2.34. The summed E-state index contributed by atoms with van der Waals surface area (Å²) in [5.41, 5.74) is 6.97. The van der Waals surface area contributed by atoms with Crippen molar-refractivity contribution in [1.82, 2.24) is 9.97 Å². The molecule has 1 fully saturated rings. The maximum absolute atomic E-state index is 5.99. The Bertz CT molecular complexity index is 451. The Morgan fingerprint density at radius 1 is 1.26 bits per heavy atom. The van der Waals surface area contributed by atoms with E-state index >= 15 is 0 Å². The van der Waals surface area contributed by atoms with Crippen molar-refractivity contribution in [3.8, 4) is 0 Å². The van der Waals surface area contributed by atoms with Crippen LogP contribution in [0.15, 0.2) is 4.47 Å². The Labute approximate surface area is 128 Å². The Hall–Kier alpha value is -0.290. The topological polar surface area (TPSA) is 51.8 Å². The molecule has 0 aliphatic heterocycles. The van der Waals surface area contributed by atoms with Gasteiger partial charge in [0.1, 0.15) is 11.6 Å². The van der Waals surface area contributed by atoms with Crippen molar-refractivity contribution in [3.05, 3.63) is 16.0 Å². The quantitative estimate of drug-likeness (QED) is 0.888. The van der Waals surface area contributed by atoms with Gasteiger partial charge in [0.25, 0.3) is 0 Å². The van der Waals surface area contributed by atoms with E-state index in [2.05, 4.69) is 41.7 Å². The van der Waals surface area contributed by atoms with Gasteiger partial charge in [0, 0.05) is 10.7 Å². The third-order valence-electron chi connectivity index (χ3n) is 3.38. The molecular weight excluding hydrogens is 322 g/mol. The summed E-state index contributed by atoms with van der Waals surface area (Å²) in [6.45, 7) is 6.44. The molecule has 0 amide bonds. The van der Waals surface area contributed by atoms with Crippen LogP contribution in [0, 0.1) is 0 Å². The van der Waals surface area contributed by atoms with E-state index in [0.29, 0.717) is 5.82 Å².